The SMILES string of the molecule is CC(N)(C(=O)CCC1CC1)C(F)(F)F. The lowest BCUT2D eigenvalue weighted by molar-refractivity contribution is -0.186. The van der Waals surface area contributed by atoms with E-state index in [2.05, 4.69) is 0 Å². The van der Waals surface area contributed by atoms with E-state index in [4.69, 9.17) is 5.73 Å². The number of alkyl halides is 3. The Bertz CT molecular complexity index is 231. The number of carbonyl (C=O) groups excluding carboxylic acids is 1. The molecule has 1 aliphatic rings. The molecule has 1 saturated carbocycles. The maximum Gasteiger partial charge on any atom is 0.413 e. The molecule has 82 valence electrons. The van der Waals surface area contributed by atoms with Gasteiger partial charge in [0, 0.05) is 6.42 Å². The van der Waals surface area contributed by atoms with Gasteiger partial charge in [-0.2, -0.15) is 13.2 Å². The van der Waals surface area contributed by atoms with Crippen LogP contribution in [0.4, 0.5) is 13.2 Å². The highest BCUT2D eigenvalue weighted by Gasteiger charge is 2.53. The van der Waals surface area contributed by atoms with E-state index < -0.39 is 17.5 Å². The molecule has 0 aromatic carbocycles. The van der Waals surface area contributed by atoms with Crippen LogP contribution >= 0.6 is 0 Å². The Morgan fingerprint density at radius 1 is 1.43 bits per heavy atom. The summed E-state index contributed by atoms with van der Waals surface area (Å²) < 4.78 is 36.8. The molecule has 0 spiro atoms. The smallest absolute Gasteiger partial charge is 0.312 e. The molecule has 0 amide bonds. The number of nitrogens with two attached hydrogens (primary N) is 1. The summed E-state index contributed by atoms with van der Waals surface area (Å²) in [6, 6.07) is 0. The first kappa shape index (κ1) is 11.5. The Morgan fingerprint density at radius 2 is 1.93 bits per heavy atom. The molecule has 5 heteroatoms. The van der Waals surface area contributed by atoms with Crippen LogP contribution in [0.3, 0.4) is 0 Å². The van der Waals surface area contributed by atoms with Crippen LogP contribution in [0.1, 0.15) is 32.6 Å². The van der Waals surface area contributed by atoms with Crippen molar-refractivity contribution in [2.24, 2.45) is 11.7 Å². The van der Waals surface area contributed by atoms with Crippen molar-refractivity contribution in [2.75, 3.05) is 0 Å². The lowest BCUT2D eigenvalue weighted by Crippen LogP contribution is -2.57. The van der Waals surface area contributed by atoms with E-state index in [0.717, 1.165) is 19.8 Å². The van der Waals surface area contributed by atoms with Crippen molar-refractivity contribution in [3.05, 3.63) is 0 Å². The van der Waals surface area contributed by atoms with Gasteiger partial charge in [-0.3, -0.25) is 4.79 Å². The van der Waals surface area contributed by atoms with Gasteiger partial charge in [0.2, 0.25) is 0 Å². The van der Waals surface area contributed by atoms with Gasteiger partial charge in [-0.1, -0.05) is 12.8 Å². The number of halogens is 3. The van der Waals surface area contributed by atoms with E-state index in [1.54, 1.807) is 0 Å². The molecule has 0 radical (unpaired) electrons. The number of ketones is 1. The molecule has 2 N–H and O–H groups in total. The van der Waals surface area contributed by atoms with Crippen LogP contribution in [-0.4, -0.2) is 17.5 Å². The molecule has 0 saturated heterocycles. The largest absolute Gasteiger partial charge is 0.413 e. The minimum atomic E-state index is -4.65. The first-order valence-electron chi connectivity index (χ1n) is 4.64. The Morgan fingerprint density at radius 3 is 2.29 bits per heavy atom. The first-order valence-corrected chi connectivity index (χ1v) is 4.64. The van der Waals surface area contributed by atoms with Gasteiger partial charge in [0.25, 0.3) is 0 Å². The molecule has 14 heavy (non-hydrogen) atoms. The van der Waals surface area contributed by atoms with Gasteiger partial charge >= 0.3 is 6.18 Å². The second kappa shape index (κ2) is 3.53. The maximum atomic E-state index is 12.3. The van der Waals surface area contributed by atoms with Crippen LogP contribution in [0, 0.1) is 5.92 Å². The number of Topliss-reactive ketones (excluding diaryl/α,β-unsaturated/α-hetero) is 1. The van der Waals surface area contributed by atoms with E-state index >= 15 is 0 Å². The Labute approximate surface area is 80.7 Å². The molecular formula is C9H14F3NO. The van der Waals surface area contributed by atoms with Gasteiger partial charge in [0.15, 0.2) is 11.3 Å². The summed E-state index contributed by atoms with van der Waals surface area (Å²) in [6.45, 7) is 0.738. The summed E-state index contributed by atoms with van der Waals surface area (Å²) in [7, 11) is 0. The molecule has 1 fully saturated rings. The zero-order valence-electron chi connectivity index (χ0n) is 8.03. The van der Waals surface area contributed by atoms with Gasteiger partial charge in [-0.05, 0) is 19.3 Å². The quantitative estimate of drug-likeness (QED) is 0.769. The van der Waals surface area contributed by atoms with Crippen molar-refractivity contribution >= 4 is 5.78 Å². The van der Waals surface area contributed by atoms with E-state index in [-0.39, 0.29) is 6.42 Å². The maximum absolute atomic E-state index is 12.3. The second-order valence-corrected chi connectivity index (χ2v) is 4.11. The minimum Gasteiger partial charge on any atom is -0.312 e. The van der Waals surface area contributed by atoms with E-state index in [1.165, 1.54) is 0 Å². The van der Waals surface area contributed by atoms with E-state index in [9.17, 15) is 18.0 Å². The van der Waals surface area contributed by atoms with Crippen molar-refractivity contribution in [3.63, 3.8) is 0 Å². The third kappa shape index (κ3) is 2.47. The highest BCUT2D eigenvalue weighted by Crippen LogP contribution is 2.35. The van der Waals surface area contributed by atoms with Crippen LogP contribution in [0.5, 0.6) is 0 Å². The predicted molar refractivity (Wildman–Crippen MR) is 45.6 cm³/mol. The summed E-state index contributed by atoms with van der Waals surface area (Å²) in [6.07, 6.45) is -2.10. The third-order valence-electron chi connectivity index (χ3n) is 2.64. The number of hydrogen-bond acceptors (Lipinski definition) is 2. The van der Waals surface area contributed by atoms with Gasteiger partial charge in [-0.25, -0.2) is 0 Å². The van der Waals surface area contributed by atoms with Crippen molar-refractivity contribution in [3.8, 4) is 0 Å². The monoisotopic (exact) mass is 209 g/mol. The standard InChI is InChI=1S/C9H14F3NO/c1-8(13,9(10,11)12)7(14)5-4-6-2-3-6/h6H,2-5,13H2,1H3. The average Bonchev–Trinajstić information content (AvgIpc) is 2.80. The van der Waals surface area contributed by atoms with Crippen molar-refractivity contribution in [2.45, 2.75) is 44.3 Å². The van der Waals surface area contributed by atoms with Gasteiger partial charge in [0.05, 0.1) is 0 Å². The van der Waals surface area contributed by atoms with Crippen LogP contribution in [0.2, 0.25) is 0 Å². The molecule has 0 aromatic rings. The van der Waals surface area contributed by atoms with Crippen LogP contribution < -0.4 is 5.73 Å². The average molecular weight is 209 g/mol. The fraction of sp³-hybridized carbons (Fsp3) is 0.889. The Hall–Kier alpha value is -0.580. The molecule has 0 bridgehead atoms. The van der Waals surface area contributed by atoms with Crippen LogP contribution in [-0.2, 0) is 4.79 Å². The third-order valence-corrected chi connectivity index (χ3v) is 2.64. The van der Waals surface area contributed by atoms with E-state index in [0.29, 0.717) is 12.3 Å². The number of carbonyl (C=O) groups is 1. The second-order valence-electron chi connectivity index (χ2n) is 4.11. The summed E-state index contributed by atoms with van der Waals surface area (Å²) >= 11 is 0. The van der Waals surface area contributed by atoms with Crippen LogP contribution in [0.15, 0.2) is 0 Å². The zero-order chi connectivity index (χ0) is 11.0. The highest BCUT2D eigenvalue weighted by atomic mass is 19.4. The van der Waals surface area contributed by atoms with Crippen molar-refractivity contribution in [1.29, 1.82) is 0 Å². The minimum absolute atomic E-state index is 0.0584. The fourth-order valence-electron chi connectivity index (χ4n) is 1.16. The van der Waals surface area contributed by atoms with Gasteiger partial charge in [-0.15, -0.1) is 0 Å². The lowest BCUT2D eigenvalue weighted by atomic mass is 9.93. The molecule has 0 aromatic heterocycles. The highest BCUT2D eigenvalue weighted by molar-refractivity contribution is 5.88. The van der Waals surface area contributed by atoms with E-state index in [1.807, 2.05) is 0 Å². The lowest BCUT2D eigenvalue weighted by Gasteiger charge is -2.25. The molecule has 0 heterocycles. The predicted octanol–water partition coefficient (Wildman–Crippen LogP) is 2.03. The topological polar surface area (TPSA) is 43.1 Å². The molecule has 1 aliphatic carbocycles. The molecule has 2 nitrogen and oxygen atoms in total. The summed E-state index contributed by atoms with van der Waals surface area (Å²) in [4.78, 5) is 11.2. The summed E-state index contributed by atoms with van der Waals surface area (Å²) in [5, 5.41) is 0. The molecule has 1 rings (SSSR count). The van der Waals surface area contributed by atoms with Crippen molar-refractivity contribution < 1.29 is 18.0 Å². The normalized spacial score (nSPS) is 21.8. The fourth-order valence-corrected chi connectivity index (χ4v) is 1.16. The summed E-state index contributed by atoms with van der Waals surface area (Å²) in [5.74, 6) is -0.458. The van der Waals surface area contributed by atoms with Gasteiger partial charge in [0.1, 0.15) is 0 Å². The molecular weight excluding hydrogens is 195 g/mol. The number of rotatable bonds is 4. The first-order chi connectivity index (χ1) is 6.25. The Balaban J connectivity index is 2.48. The van der Waals surface area contributed by atoms with Crippen molar-refractivity contribution in [1.82, 2.24) is 0 Å². The summed E-state index contributed by atoms with van der Waals surface area (Å²) in [5.41, 5.74) is 2.29. The Kier molecular flexibility index (Phi) is 2.90. The van der Waals surface area contributed by atoms with Gasteiger partial charge < -0.3 is 5.73 Å². The zero-order valence-corrected chi connectivity index (χ0v) is 8.03. The molecule has 1 unspecified atom stereocenters. The molecule has 1 atom stereocenters. The molecule has 0 aliphatic heterocycles. The van der Waals surface area contributed by atoms with Crippen LogP contribution in [0.25, 0.3) is 0 Å². The number of hydrogen-bond donors (Lipinski definition) is 1.